The maximum absolute atomic E-state index is 11.7. The number of carbonyl (C=O) groups excluding carboxylic acids is 1. The zero-order chi connectivity index (χ0) is 10.6. The zero-order valence-electron chi connectivity index (χ0n) is 7.28. The third-order valence-corrected chi connectivity index (χ3v) is 1.41. The Hall–Kier alpha value is -1.66. The second kappa shape index (κ2) is 4.54. The summed E-state index contributed by atoms with van der Waals surface area (Å²) in [5.41, 5.74) is 5.76. The van der Waals surface area contributed by atoms with Gasteiger partial charge in [0.1, 0.15) is 6.54 Å². The van der Waals surface area contributed by atoms with Gasteiger partial charge in [-0.3, -0.25) is 9.48 Å². The van der Waals surface area contributed by atoms with Crippen LogP contribution in [-0.4, -0.2) is 28.7 Å². The summed E-state index contributed by atoms with van der Waals surface area (Å²) < 4.78 is 24.6. The summed E-state index contributed by atoms with van der Waals surface area (Å²) >= 11 is 0. The summed E-state index contributed by atoms with van der Waals surface area (Å²) in [6.07, 6.45) is 0.282. The van der Waals surface area contributed by atoms with Crippen LogP contribution in [0.5, 0.6) is 0 Å². The van der Waals surface area contributed by atoms with E-state index in [2.05, 4.69) is 5.10 Å². The van der Waals surface area contributed by atoms with Crippen LogP contribution in [0.3, 0.4) is 0 Å². The molecular formula is C7H10F2N4O. The van der Waals surface area contributed by atoms with E-state index >= 15 is 0 Å². The first-order chi connectivity index (χ1) is 6.58. The van der Waals surface area contributed by atoms with Gasteiger partial charge in [-0.2, -0.15) is 5.10 Å². The van der Waals surface area contributed by atoms with Gasteiger partial charge in [0, 0.05) is 6.20 Å². The Bertz CT molecular complexity index is 312. The van der Waals surface area contributed by atoms with Gasteiger partial charge in [-0.05, 0) is 0 Å². The van der Waals surface area contributed by atoms with Crippen LogP contribution in [-0.2, 0) is 11.3 Å². The standard InChI is InChI=1S/C7H10F2N4O/c8-6(9)2-11-7(14)4-13-3-5(10)1-12-13/h1,3,6H,2,4,10H2,(H,11,14). The second-order valence-corrected chi connectivity index (χ2v) is 2.67. The number of nitrogen functional groups attached to an aromatic ring is 1. The molecule has 5 nitrogen and oxygen atoms in total. The first-order valence-corrected chi connectivity index (χ1v) is 3.90. The molecule has 0 fully saturated rings. The van der Waals surface area contributed by atoms with Gasteiger partial charge in [-0.1, -0.05) is 0 Å². The Kier molecular flexibility index (Phi) is 3.38. The maximum atomic E-state index is 11.7. The van der Waals surface area contributed by atoms with E-state index in [-0.39, 0.29) is 6.54 Å². The fourth-order valence-electron chi connectivity index (χ4n) is 0.860. The Balaban J connectivity index is 2.34. The molecule has 0 saturated heterocycles. The number of nitrogens with zero attached hydrogens (tertiary/aromatic N) is 2. The Morgan fingerprint density at radius 2 is 2.43 bits per heavy atom. The zero-order valence-corrected chi connectivity index (χ0v) is 7.28. The number of anilines is 1. The molecule has 0 aliphatic carbocycles. The van der Waals surface area contributed by atoms with Crippen molar-refractivity contribution in [2.24, 2.45) is 0 Å². The van der Waals surface area contributed by atoms with E-state index in [1.807, 2.05) is 5.32 Å². The lowest BCUT2D eigenvalue weighted by Crippen LogP contribution is -2.31. The molecule has 1 heterocycles. The molecule has 0 atom stereocenters. The van der Waals surface area contributed by atoms with E-state index in [1.165, 1.54) is 17.1 Å². The Morgan fingerprint density at radius 3 is 2.93 bits per heavy atom. The lowest BCUT2D eigenvalue weighted by atomic mass is 10.5. The fraction of sp³-hybridized carbons (Fsp3) is 0.429. The number of hydrogen-bond donors (Lipinski definition) is 2. The topological polar surface area (TPSA) is 72.9 Å². The van der Waals surface area contributed by atoms with Crippen LogP contribution in [0, 0.1) is 0 Å². The van der Waals surface area contributed by atoms with Crippen LogP contribution in [0.25, 0.3) is 0 Å². The van der Waals surface area contributed by atoms with Crippen LogP contribution in [0.4, 0.5) is 14.5 Å². The lowest BCUT2D eigenvalue weighted by Gasteiger charge is -2.03. The van der Waals surface area contributed by atoms with Crippen molar-refractivity contribution >= 4 is 11.6 Å². The molecule has 78 valence electrons. The van der Waals surface area contributed by atoms with Gasteiger partial charge in [0.15, 0.2) is 0 Å². The molecule has 0 spiro atoms. The number of nitrogens with two attached hydrogens (primary N) is 1. The van der Waals surface area contributed by atoms with Crippen LogP contribution in [0.15, 0.2) is 12.4 Å². The number of alkyl halides is 2. The number of rotatable bonds is 4. The molecule has 0 unspecified atom stereocenters. The smallest absolute Gasteiger partial charge is 0.255 e. The van der Waals surface area contributed by atoms with Crippen molar-refractivity contribution in [2.45, 2.75) is 13.0 Å². The van der Waals surface area contributed by atoms with Gasteiger partial charge in [0.05, 0.1) is 18.4 Å². The Morgan fingerprint density at radius 1 is 1.71 bits per heavy atom. The molecular weight excluding hydrogens is 194 g/mol. The number of nitrogens with one attached hydrogen (secondary N) is 1. The second-order valence-electron chi connectivity index (χ2n) is 2.67. The van der Waals surface area contributed by atoms with Crippen molar-refractivity contribution in [3.63, 3.8) is 0 Å². The summed E-state index contributed by atoms with van der Waals surface area (Å²) in [5, 5.41) is 5.78. The lowest BCUT2D eigenvalue weighted by molar-refractivity contribution is -0.122. The highest BCUT2D eigenvalue weighted by Crippen LogP contribution is 1.97. The molecule has 1 rings (SSSR count). The minimum atomic E-state index is -2.54. The number of halogens is 2. The number of aromatic nitrogens is 2. The highest BCUT2D eigenvalue weighted by Gasteiger charge is 2.07. The van der Waals surface area contributed by atoms with Crippen LogP contribution in [0.1, 0.15) is 0 Å². The first kappa shape index (κ1) is 10.4. The summed E-state index contributed by atoms with van der Waals surface area (Å²) in [4.78, 5) is 11.0. The van der Waals surface area contributed by atoms with Crippen molar-refractivity contribution in [1.82, 2.24) is 15.1 Å². The Labute approximate surface area is 78.9 Å². The molecule has 1 aromatic rings. The summed E-state index contributed by atoms with van der Waals surface area (Å²) in [6, 6.07) is 0. The first-order valence-electron chi connectivity index (χ1n) is 3.90. The highest BCUT2D eigenvalue weighted by molar-refractivity contribution is 5.75. The van der Waals surface area contributed by atoms with Gasteiger partial charge in [0.2, 0.25) is 5.91 Å². The molecule has 14 heavy (non-hydrogen) atoms. The van der Waals surface area contributed by atoms with Crippen molar-refractivity contribution in [3.05, 3.63) is 12.4 Å². The van der Waals surface area contributed by atoms with Crippen molar-refractivity contribution in [1.29, 1.82) is 0 Å². The third-order valence-electron chi connectivity index (χ3n) is 1.41. The molecule has 0 saturated carbocycles. The van der Waals surface area contributed by atoms with E-state index in [0.29, 0.717) is 5.69 Å². The number of hydrogen-bond acceptors (Lipinski definition) is 3. The monoisotopic (exact) mass is 204 g/mol. The van der Waals surface area contributed by atoms with Crippen LogP contribution < -0.4 is 11.1 Å². The quantitative estimate of drug-likeness (QED) is 0.716. The summed E-state index contributed by atoms with van der Waals surface area (Å²) in [7, 11) is 0. The van der Waals surface area contributed by atoms with Crippen LogP contribution in [0.2, 0.25) is 0 Å². The molecule has 0 aliphatic rings. The van der Waals surface area contributed by atoms with E-state index in [0.717, 1.165) is 0 Å². The molecule has 1 aromatic heterocycles. The van der Waals surface area contributed by atoms with Crippen molar-refractivity contribution in [3.8, 4) is 0 Å². The van der Waals surface area contributed by atoms with Gasteiger partial charge >= 0.3 is 0 Å². The highest BCUT2D eigenvalue weighted by atomic mass is 19.3. The average molecular weight is 204 g/mol. The SMILES string of the molecule is Nc1cnn(CC(=O)NCC(F)F)c1. The van der Waals surface area contributed by atoms with E-state index in [1.54, 1.807) is 0 Å². The predicted molar refractivity (Wildman–Crippen MR) is 45.7 cm³/mol. The normalized spacial score (nSPS) is 10.5. The van der Waals surface area contributed by atoms with Crippen molar-refractivity contribution in [2.75, 3.05) is 12.3 Å². The summed E-state index contributed by atoms with van der Waals surface area (Å²) in [6.45, 7) is -0.750. The predicted octanol–water partition coefficient (Wildman–Crippen LogP) is -0.153. The molecule has 3 N–H and O–H groups in total. The number of carbonyl (C=O) groups is 1. The molecule has 0 aromatic carbocycles. The molecule has 0 radical (unpaired) electrons. The maximum Gasteiger partial charge on any atom is 0.255 e. The minimum absolute atomic E-state index is 0.107. The van der Waals surface area contributed by atoms with E-state index in [4.69, 9.17) is 5.73 Å². The molecule has 7 heteroatoms. The third kappa shape index (κ3) is 3.38. The minimum Gasteiger partial charge on any atom is -0.396 e. The molecule has 1 amide bonds. The summed E-state index contributed by atoms with van der Waals surface area (Å²) in [5.74, 6) is -0.520. The largest absolute Gasteiger partial charge is 0.396 e. The average Bonchev–Trinajstić information content (AvgIpc) is 2.48. The van der Waals surface area contributed by atoms with Gasteiger partial charge < -0.3 is 11.1 Å². The number of amides is 1. The van der Waals surface area contributed by atoms with Gasteiger partial charge in [0.25, 0.3) is 6.43 Å². The van der Waals surface area contributed by atoms with E-state index in [9.17, 15) is 13.6 Å². The van der Waals surface area contributed by atoms with Gasteiger partial charge in [-0.15, -0.1) is 0 Å². The molecule has 0 aliphatic heterocycles. The van der Waals surface area contributed by atoms with E-state index < -0.39 is 18.9 Å². The van der Waals surface area contributed by atoms with Crippen LogP contribution >= 0.6 is 0 Å². The molecule has 0 bridgehead atoms. The van der Waals surface area contributed by atoms with Crippen molar-refractivity contribution < 1.29 is 13.6 Å². The van der Waals surface area contributed by atoms with Gasteiger partial charge in [-0.25, -0.2) is 8.78 Å². The fourth-order valence-corrected chi connectivity index (χ4v) is 0.860.